The molecule has 1 fully saturated rings. The van der Waals surface area contributed by atoms with Crippen LogP contribution in [0.5, 0.6) is 0 Å². The van der Waals surface area contributed by atoms with E-state index in [1.165, 1.54) is 12.1 Å². The number of nitrogens with two attached hydrogens (primary N) is 1. The molecule has 0 aliphatic heterocycles. The van der Waals surface area contributed by atoms with Gasteiger partial charge in [-0.3, -0.25) is 19.8 Å². The van der Waals surface area contributed by atoms with E-state index in [1.807, 2.05) is 4.90 Å². The van der Waals surface area contributed by atoms with Gasteiger partial charge in [-0.25, -0.2) is 0 Å². The number of nitrogens with one attached hydrogen (secondary N) is 1. The van der Waals surface area contributed by atoms with Crippen LogP contribution in [0.1, 0.15) is 18.4 Å². The molecule has 1 aliphatic carbocycles. The van der Waals surface area contributed by atoms with Crippen molar-refractivity contribution < 1.29 is 9.72 Å². The van der Waals surface area contributed by atoms with Crippen molar-refractivity contribution >= 4 is 17.3 Å². The third-order valence-corrected chi connectivity index (χ3v) is 3.10. The zero-order valence-corrected chi connectivity index (χ0v) is 11.3. The van der Waals surface area contributed by atoms with Crippen LogP contribution in [0.4, 0.5) is 11.4 Å². The highest BCUT2D eigenvalue weighted by Crippen LogP contribution is 2.23. The lowest BCUT2D eigenvalue weighted by Gasteiger charge is -2.16. The lowest BCUT2D eigenvalue weighted by Crippen LogP contribution is -2.35. The van der Waals surface area contributed by atoms with Gasteiger partial charge in [0.1, 0.15) is 5.69 Å². The summed E-state index contributed by atoms with van der Waals surface area (Å²) in [5.41, 5.74) is 6.35. The largest absolute Gasteiger partial charge is 0.393 e. The number of amides is 1. The van der Waals surface area contributed by atoms with E-state index < -0.39 is 4.92 Å². The lowest BCUT2D eigenvalue weighted by molar-refractivity contribution is -0.384. The van der Waals surface area contributed by atoms with Crippen molar-refractivity contribution in [3.63, 3.8) is 0 Å². The number of anilines is 1. The molecule has 20 heavy (non-hydrogen) atoms. The van der Waals surface area contributed by atoms with Gasteiger partial charge in [-0.05, 0) is 31.5 Å². The van der Waals surface area contributed by atoms with E-state index in [2.05, 4.69) is 5.32 Å². The minimum Gasteiger partial charge on any atom is -0.393 e. The van der Waals surface area contributed by atoms with E-state index >= 15 is 0 Å². The van der Waals surface area contributed by atoms with Crippen molar-refractivity contribution in [2.24, 2.45) is 0 Å². The molecule has 0 unspecified atom stereocenters. The first-order valence-corrected chi connectivity index (χ1v) is 6.46. The fourth-order valence-electron chi connectivity index (χ4n) is 1.96. The van der Waals surface area contributed by atoms with Crippen LogP contribution in [-0.4, -0.2) is 35.4 Å². The Balaban J connectivity index is 1.92. The predicted octanol–water partition coefficient (Wildman–Crippen LogP) is 0.887. The number of hydrogen-bond acceptors (Lipinski definition) is 5. The Hall–Kier alpha value is -2.15. The molecule has 1 amide bonds. The lowest BCUT2D eigenvalue weighted by atomic mass is 10.1. The average molecular weight is 278 g/mol. The van der Waals surface area contributed by atoms with E-state index in [1.54, 1.807) is 13.1 Å². The number of nitrogen functional groups attached to an aromatic ring is 1. The van der Waals surface area contributed by atoms with Gasteiger partial charge < -0.3 is 11.1 Å². The summed E-state index contributed by atoms with van der Waals surface area (Å²) in [7, 11) is 1.80. The molecule has 0 atom stereocenters. The van der Waals surface area contributed by atoms with Crippen LogP contribution in [-0.2, 0) is 11.3 Å². The molecule has 7 nitrogen and oxygen atoms in total. The molecule has 0 bridgehead atoms. The Bertz CT molecular complexity index is 528. The topological polar surface area (TPSA) is 102 Å². The van der Waals surface area contributed by atoms with E-state index in [4.69, 9.17) is 5.73 Å². The van der Waals surface area contributed by atoms with Crippen LogP contribution in [0.3, 0.4) is 0 Å². The van der Waals surface area contributed by atoms with Crippen LogP contribution < -0.4 is 11.1 Å². The Morgan fingerprint density at radius 3 is 2.85 bits per heavy atom. The number of carbonyl (C=O) groups is 1. The normalized spacial score (nSPS) is 14.3. The van der Waals surface area contributed by atoms with Crippen LogP contribution in [0.25, 0.3) is 0 Å². The monoisotopic (exact) mass is 278 g/mol. The zero-order chi connectivity index (χ0) is 14.7. The summed E-state index contributed by atoms with van der Waals surface area (Å²) in [6.45, 7) is 0.730. The summed E-state index contributed by atoms with van der Waals surface area (Å²) in [4.78, 5) is 23.8. The molecule has 3 N–H and O–H groups in total. The molecule has 0 saturated heterocycles. The quantitative estimate of drug-likeness (QED) is 0.457. The van der Waals surface area contributed by atoms with Crippen molar-refractivity contribution in [1.82, 2.24) is 10.2 Å². The van der Waals surface area contributed by atoms with Gasteiger partial charge in [0.2, 0.25) is 5.91 Å². The fourth-order valence-corrected chi connectivity index (χ4v) is 1.96. The molecular formula is C13H18N4O3. The Labute approximate surface area is 116 Å². The fraction of sp³-hybridized carbons (Fsp3) is 0.462. The molecular weight excluding hydrogens is 260 g/mol. The summed E-state index contributed by atoms with van der Waals surface area (Å²) >= 11 is 0. The molecule has 1 aromatic carbocycles. The number of nitrogens with zero attached hydrogens (tertiary/aromatic N) is 2. The van der Waals surface area contributed by atoms with Gasteiger partial charge in [0, 0.05) is 18.7 Å². The summed E-state index contributed by atoms with van der Waals surface area (Å²) in [6, 6.07) is 5.04. The molecule has 0 aromatic heterocycles. The maximum atomic E-state index is 11.6. The molecule has 108 valence electrons. The first-order valence-electron chi connectivity index (χ1n) is 6.46. The second-order valence-electron chi connectivity index (χ2n) is 5.16. The van der Waals surface area contributed by atoms with E-state index in [0.717, 1.165) is 18.4 Å². The second-order valence-corrected chi connectivity index (χ2v) is 5.16. The van der Waals surface area contributed by atoms with E-state index in [-0.39, 0.29) is 23.8 Å². The standard InChI is InChI=1S/C13H18N4O3/c1-16(8-13(18)15-10-3-4-10)7-9-2-5-11(14)12(6-9)17(19)20/h2,5-6,10H,3-4,7-8,14H2,1H3,(H,15,18). The SMILES string of the molecule is CN(CC(=O)NC1CC1)Cc1ccc(N)c([N+](=O)[O-])c1. The molecule has 7 heteroatoms. The zero-order valence-electron chi connectivity index (χ0n) is 11.3. The number of likely N-dealkylation sites (N-methyl/N-ethyl adjacent to an activating group) is 1. The van der Waals surface area contributed by atoms with Crippen LogP contribution in [0, 0.1) is 10.1 Å². The summed E-state index contributed by atoms with van der Waals surface area (Å²) in [5, 5.41) is 13.7. The van der Waals surface area contributed by atoms with Crippen molar-refractivity contribution in [3.8, 4) is 0 Å². The molecule has 0 radical (unpaired) electrons. The minimum absolute atomic E-state index is 0.0139. The predicted molar refractivity (Wildman–Crippen MR) is 75.0 cm³/mol. The van der Waals surface area contributed by atoms with Crippen molar-refractivity contribution in [2.45, 2.75) is 25.4 Å². The number of hydrogen-bond donors (Lipinski definition) is 2. The number of nitro groups is 1. The maximum Gasteiger partial charge on any atom is 0.292 e. The van der Waals surface area contributed by atoms with Gasteiger partial charge >= 0.3 is 0 Å². The molecule has 2 rings (SSSR count). The average Bonchev–Trinajstić information content (AvgIpc) is 3.14. The highest BCUT2D eigenvalue weighted by Gasteiger charge is 2.23. The van der Waals surface area contributed by atoms with Gasteiger partial charge in [0.25, 0.3) is 5.69 Å². The Kier molecular flexibility index (Phi) is 4.19. The highest BCUT2D eigenvalue weighted by atomic mass is 16.6. The Morgan fingerprint density at radius 2 is 2.25 bits per heavy atom. The second kappa shape index (κ2) is 5.87. The summed E-state index contributed by atoms with van der Waals surface area (Å²) in [5.74, 6) is -0.0139. The van der Waals surface area contributed by atoms with E-state index in [0.29, 0.717) is 12.6 Å². The van der Waals surface area contributed by atoms with Gasteiger partial charge in [-0.1, -0.05) is 6.07 Å². The van der Waals surface area contributed by atoms with Gasteiger partial charge in [-0.2, -0.15) is 0 Å². The first kappa shape index (κ1) is 14.3. The van der Waals surface area contributed by atoms with Crippen molar-refractivity contribution in [3.05, 3.63) is 33.9 Å². The minimum atomic E-state index is -0.501. The molecule has 1 aliphatic rings. The van der Waals surface area contributed by atoms with Crippen LogP contribution >= 0.6 is 0 Å². The Morgan fingerprint density at radius 1 is 1.55 bits per heavy atom. The summed E-state index contributed by atoms with van der Waals surface area (Å²) < 4.78 is 0. The number of rotatable bonds is 6. The van der Waals surface area contributed by atoms with Gasteiger partial charge in [0.15, 0.2) is 0 Å². The number of carbonyl (C=O) groups excluding carboxylic acids is 1. The van der Waals surface area contributed by atoms with Crippen molar-refractivity contribution in [2.75, 3.05) is 19.3 Å². The van der Waals surface area contributed by atoms with Crippen LogP contribution in [0.2, 0.25) is 0 Å². The smallest absolute Gasteiger partial charge is 0.292 e. The van der Waals surface area contributed by atoms with Gasteiger partial charge in [-0.15, -0.1) is 0 Å². The van der Waals surface area contributed by atoms with Crippen LogP contribution in [0.15, 0.2) is 18.2 Å². The molecule has 0 heterocycles. The highest BCUT2D eigenvalue weighted by molar-refractivity contribution is 5.78. The third kappa shape index (κ3) is 3.92. The maximum absolute atomic E-state index is 11.6. The van der Waals surface area contributed by atoms with Gasteiger partial charge in [0.05, 0.1) is 11.5 Å². The third-order valence-electron chi connectivity index (χ3n) is 3.10. The first-order chi connectivity index (χ1) is 9.45. The number of nitro benzene ring substituents is 1. The molecule has 0 spiro atoms. The summed E-state index contributed by atoms with van der Waals surface area (Å²) in [6.07, 6.45) is 2.11. The molecule has 1 aromatic rings. The molecule has 1 saturated carbocycles. The van der Waals surface area contributed by atoms with E-state index in [9.17, 15) is 14.9 Å². The van der Waals surface area contributed by atoms with Crippen molar-refractivity contribution in [1.29, 1.82) is 0 Å². The number of benzene rings is 1.